The van der Waals surface area contributed by atoms with E-state index in [0.29, 0.717) is 5.92 Å². The molecule has 22 heavy (non-hydrogen) atoms. The lowest BCUT2D eigenvalue weighted by Gasteiger charge is -2.31. The van der Waals surface area contributed by atoms with Gasteiger partial charge in [0.25, 0.3) is 0 Å². The molecule has 0 N–H and O–H groups in total. The molecule has 0 amide bonds. The van der Waals surface area contributed by atoms with Crippen molar-refractivity contribution in [1.29, 1.82) is 0 Å². The van der Waals surface area contributed by atoms with E-state index in [9.17, 15) is 0 Å². The van der Waals surface area contributed by atoms with Gasteiger partial charge in [0.1, 0.15) is 5.60 Å². The molecule has 0 aliphatic carbocycles. The molecule has 1 aromatic heterocycles. The molecule has 2 aliphatic rings. The summed E-state index contributed by atoms with van der Waals surface area (Å²) in [5.74, 6) is 0.611. The van der Waals surface area contributed by atoms with Gasteiger partial charge in [-0.2, -0.15) is 0 Å². The Hall–Kier alpha value is -1.01. The smallest absolute Gasteiger partial charge is 0.104 e. The zero-order valence-electron chi connectivity index (χ0n) is 13.7. The van der Waals surface area contributed by atoms with Crippen LogP contribution in [0.5, 0.6) is 0 Å². The molecule has 5 heteroatoms. The Morgan fingerprint density at radius 3 is 2.95 bits per heavy atom. The van der Waals surface area contributed by atoms with Crippen LogP contribution in [-0.2, 0) is 16.0 Å². The van der Waals surface area contributed by atoms with Crippen LogP contribution in [0.3, 0.4) is 0 Å². The van der Waals surface area contributed by atoms with Crippen molar-refractivity contribution in [2.75, 3.05) is 53.6 Å². The summed E-state index contributed by atoms with van der Waals surface area (Å²) < 4.78 is 12.1. The molecule has 2 fully saturated rings. The van der Waals surface area contributed by atoms with E-state index in [1.54, 1.807) is 0 Å². The summed E-state index contributed by atoms with van der Waals surface area (Å²) in [5.41, 5.74) is 1.18. The molecule has 2 atom stereocenters. The van der Waals surface area contributed by atoms with E-state index in [-0.39, 0.29) is 5.60 Å². The first kappa shape index (κ1) is 15.9. The van der Waals surface area contributed by atoms with Crippen LogP contribution in [0.4, 0.5) is 0 Å². The van der Waals surface area contributed by atoms with Gasteiger partial charge < -0.3 is 14.4 Å². The summed E-state index contributed by atoms with van der Waals surface area (Å²) in [7, 11) is 4.26. The first-order valence-electron chi connectivity index (χ1n) is 8.13. The fourth-order valence-electron chi connectivity index (χ4n) is 3.65. The third-order valence-electron chi connectivity index (χ3n) is 4.49. The first-order chi connectivity index (χ1) is 10.7. The van der Waals surface area contributed by atoms with Gasteiger partial charge in [-0.05, 0) is 44.1 Å². The average Bonchev–Trinajstić information content (AvgIpc) is 2.75. The summed E-state index contributed by atoms with van der Waals surface area (Å²) in [6.07, 6.45) is 4.81. The van der Waals surface area contributed by atoms with Crippen LogP contribution in [0, 0.1) is 5.92 Å². The molecular formula is C17H27N3O2. The van der Waals surface area contributed by atoms with Crippen LogP contribution in [0.25, 0.3) is 0 Å². The van der Waals surface area contributed by atoms with Gasteiger partial charge in [-0.3, -0.25) is 9.88 Å². The highest BCUT2D eigenvalue weighted by Crippen LogP contribution is 2.33. The Morgan fingerprint density at radius 2 is 2.18 bits per heavy atom. The highest BCUT2D eigenvalue weighted by Gasteiger charge is 2.43. The van der Waals surface area contributed by atoms with E-state index in [0.717, 1.165) is 52.4 Å². The number of ether oxygens (including phenoxy) is 2. The molecule has 2 aliphatic heterocycles. The minimum absolute atomic E-state index is 0.121. The number of nitrogens with zero attached hydrogens (tertiary/aromatic N) is 3. The molecule has 1 aromatic rings. The molecule has 2 saturated heterocycles. The standard InChI is InChI=1S/C17H27N3O2/c1-19(2)10-16-9-17(22-12-16)13-20(7-8-21-14-17)11-15-3-5-18-6-4-15/h3-6,16H,7-14H2,1-2H3/t16-,17+/m0/s1. The molecule has 0 bridgehead atoms. The predicted octanol–water partition coefficient (Wildman–Crippen LogP) is 1.25. The quantitative estimate of drug-likeness (QED) is 0.837. The van der Waals surface area contributed by atoms with Crippen molar-refractivity contribution in [2.45, 2.75) is 18.6 Å². The molecule has 1 spiro atoms. The van der Waals surface area contributed by atoms with E-state index < -0.39 is 0 Å². The Morgan fingerprint density at radius 1 is 1.36 bits per heavy atom. The number of pyridine rings is 1. The highest BCUT2D eigenvalue weighted by molar-refractivity contribution is 5.10. The van der Waals surface area contributed by atoms with Crippen LogP contribution >= 0.6 is 0 Å². The van der Waals surface area contributed by atoms with E-state index in [4.69, 9.17) is 9.47 Å². The minimum Gasteiger partial charge on any atom is -0.377 e. The maximum atomic E-state index is 6.24. The van der Waals surface area contributed by atoms with E-state index in [1.807, 2.05) is 12.4 Å². The first-order valence-corrected chi connectivity index (χ1v) is 8.13. The van der Waals surface area contributed by atoms with Gasteiger partial charge >= 0.3 is 0 Å². The predicted molar refractivity (Wildman–Crippen MR) is 85.7 cm³/mol. The zero-order valence-corrected chi connectivity index (χ0v) is 13.7. The highest BCUT2D eigenvalue weighted by atomic mass is 16.5. The SMILES string of the molecule is CN(C)C[C@H]1CO[C@]2(COCCN(Cc3ccncc3)C2)C1. The Balaban J connectivity index is 1.63. The third kappa shape index (κ3) is 4.04. The van der Waals surface area contributed by atoms with E-state index >= 15 is 0 Å². The van der Waals surface area contributed by atoms with Gasteiger partial charge in [0.2, 0.25) is 0 Å². The Kier molecular flexibility index (Phi) is 5.08. The van der Waals surface area contributed by atoms with Crippen molar-refractivity contribution in [1.82, 2.24) is 14.8 Å². The van der Waals surface area contributed by atoms with Gasteiger partial charge in [-0.25, -0.2) is 0 Å². The van der Waals surface area contributed by atoms with E-state index in [1.165, 1.54) is 5.56 Å². The van der Waals surface area contributed by atoms with Crippen LogP contribution in [0.1, 0.15) is 12.0 Å². The second kappa shape index (κ2) is 7.04. The van der Waals surface area contributed by atoms with Gasteiger partial charge in [0.05, 0.1) is 19.8 Å². The number of hydrogen-bond acceptors (Lipinski definition) is 5. The molecule has 3 heterocycles. The van der Waals surface area contributed by atoms with Crippen LogP contribution in [0.2, 0.25) is 0 Å². The van der Waals surface area contributed by atoms with Crippen LogP contribution in [0.15, 0.2) is 24.5 Å². The third-order valence-corrected chi connectivity index (χ3v) is 4.49. The maximum Gasteiger partial charge on any atom is 0.104 e. The minimum atomic E-state index is -0.121. The van der Waals surface area contributed by atoms with Gasteiger partial charge in [0, 0.05) is 38.6 Å². The Labute approximate surface area is 133 Å². The number of aromatic nitrogens is 1. The van der Waals surface area contributed by atoms with Crippen molar-refractivity contribution in [3.63, 3.8) is 0 Å². The van der Waals surface area contributed by atoms with E-state index in [2.05, 4.69) is 41.0 Å². The van der Waals surface area contributed by atoms with Gasteiger partial charge in [-0.1, -0.05) is 0 Å². The van der Waals surface area contributed by atoms with Crippen molar-refractivity contribution in [3.05, 3.63) is 30.1 Å². The summed E-state index contributed by atoms with van der Waals surface area (Å²) in [5, 5.41) is 0. The summed E-state index contributed by atoms with van der Waals surface area (Å²) in [6, 6.07) is 4.17. The number of hydrogen-bond donors (Lipinski definition) is 0. The monoisotopic (exact) mass is 305 g/mol. The molecule has 0 saturated carbocycles. The molecule has 122 valence electrons. The Bertz CT molecular complexity index is 468. The van der Waals surface area contributed by atoms with Crippen LogP contribution in [-0.4, -0.2) is 73.9 Å². The van der Waals surface area contributed by atoms with Crippen LogP contribution < -0.4 is 0 Å². The molecule has 0 radical (unpaired) electrons. The average molecular weight is 305 g/mol. The normalized spacial score (nSPS) is 30.0. The van der Waals surface area contributed by atoms with Crippen molar-refractivity contribution >= 4 is 0 Å². The van der Waals surface area contributed by atoms with Crippen molar-refractivity contribution in [2.24, 2.45) is 5.92 Å². The van der Waals surface area contributed by atoms with Gasteiger partial charge in [0.15, 0.2) is 0 Å². The summed E-state index contributed by atoms with van der Waals surface area (Å²) in [4.78, 5) is 8.80. The second-order valence-electron chi connectivity index (χ2n) is 6.95. The summed E-state index contributed by atoms with van der Waals surface area (Å²) in [6.45, 7) is 6.31. The second-order valence-corrected chi connectivity index (χ2v) is 6.95. The number of rotatable bonds is 4. The fraction of sp³-hybridized carbons (Fsp3) is 0.706. The lowest BCUT2D eigenvalue weighted by atomic mass is 9.94. The summed E-state index contributed by atoms with van der Waals surface area (Å²) >= 11 is 0. The largest absolute Gasteiger partial charge is 0.377 e. The topological polar surface area (TPSA) is 37.8 Å². The molecule has 3 rings (SSSR count). The fourth-order valence-corrected chi connectivity index (χ4v) is 3.65. The lowest BCUT2D eigenvalue weighted by molar-refractivity contribution is -0.0563. The molecule has 0 aromatic carbocycles. The van der Waals surface area contributed by atoms with Crippen molar-refractivity contribution in [3.8, 4) is 0 Å². The maximum absolute atomic E-state index is 6.24. The molecule has 5 nitrogen and oxygen atoms in total. The van der Waals surface area contributed by atoms with Crippen molar-refractivity contribution < 1.29 is 9.47 Å². The van der Waals surface area contributed by atoms with Gasteiger partial charge in [-0.15, -0.1) is 0 Å². The lowest BCUT2D eigenvalue weighted by Crippen LogP contribution is -2.44. The molecular weight excluding hydrogens is 278 g/mol. The molecule has 0 unspecified atom stereocenters. The zero-order chi connectivity index (χ0) is 15.4.